The maximum absolute atomic E-state index is 10.8. The highest BCUT2D eigenvalue weighted by molar-refractivity contribution is 7.90. The van der Waals surface area contributed by atoms with E-state index in [4.69, 9.17) is 0 Å². The summed E-state index contributed by atoms with van der Waals surface area (Å²) in [5.41, 5.74) is 0. The van der Waals surface area contributed by atoms with E-state index >= 15 is 0 Å². The third-order valence-electron chi connectivity index (χ3n) is 2.54. The number of nitrogens with one attached hydrogen (secondary N) is 2. The minimum Gasteiger partial charge on any atom is -0.317 e. The third kappa shape index (κ3) is 5.57. The first-order chi connectivity index (χ1) is 6.58. The van der Waals surface area contributed by atoms with Gasteiger partial charge in [0, 0.05) is 12.8 Å². The number of hydrogen-bond donors (Lipinski definition) is 2. The summed E-state index contributed by atoms with van der Waals surface area (Å²) in [6.45, 7) is 3.73. The second kappa shape index (κ2) is 5.68. The van der Waals surface area contributed by atoms with Gasteiger partial charge < -0.3 is 10.6 Å². The molecule has 1 aliphatic heterocycles. The van der Waals surface area contributed by atoms with Crippen LogP contribution in [0.3, 0.4) is 0 Å². The normalized spacial score (nSPS) is 19.8. The number of hydrogen-bond acceptors (Lipinski definition) is 4. The van der Waals surface area contributed by atoms with Crippen LogP contribution >= 0.6 is 0 Å². The van der Waals surface area contributed by atoms with Gasteiger partial charge in [0.25, 0.3) is 0 Å². The van der Waals surface area contributed by atoms with E-state index in [1.54, 1.807) is 0 Å². The zero-order valence-corrected chi connectivity index (χ0v) is 9.57. The number of rotatable bonds is 5. The van der Waals surface area contributed by atoms with Gasteiger partial charge in [-0.05, 0) is 38.4 Å². The molecule has 0 unspecified atom stereocenters. The minimum absolute atomic E-state index is 0.248. The van der Waals surface area contributed by atoms with Crippen LogP contribution in [0.2, 0.25) is 0 Å². The smallest absolute Gasteiger partial charge is 0.148 e. The molecule has 0 aromatic carbocycles. The first-order valence-electron chi connectivity index (χ1n) is 5.17. The molecule has 1 saturated heterocycles. The molecule has 0 saturated carbocycles. The van der Waals surface area contributed by atoms with Crippen LogP contribution in [0.25, 0.3) is 0 Å². The molecule has 1 heterocycles. The molecule has 0 bridgehead atoms. The Bertz CT molecular complexity index is 246. The van der Waals surface area contributed by atoms with Crippen molar-refractivity contribution >= 4 is 9.84 Å². The molecule has 14 heavy (non-hydrogen) atoms. The van der Waals surface area contributed by atoms with Crippen molar-refractivity contribution in [2.24, 2.45) is 5.92 Å². The lowest BCUT2D eigenvalue weighted by atomic mass is 9.98. The molecule has 4 nitrogen and oxygen atoms in total. The molecule has 0 spiro atoms. The van der Waals surface area contributed by atoms with Gasteiger partial charge in [-0.2, -0.15) is 0 Å². The molecular formula is C9H20N2O2S. The van der Waals surface area contributed by atoms with E-state index < -0.39 is 9.84 Å². The van der Waals surface area contributed by atoms with Crippen molar-refractivity contribution in [1.82, 2.24) is 10.6 Å². The van der Waals surface area contributed by atoms with Crippen molar-refractivity contribution in [3.8, 4) is 0 Å². The van der Waals surface area contributed by atoms with Gasteiger partial charge in [-0.25, -0.2) is 8.42 Å². The molecule has 1 rings (SSSR count). The minimum atomic E-state index is -2.80. The van der Waals surface area contributed by atoms with Gasteiger partial charge in [-0.15, -0.1) is 0 Å². The molecule has 0 aromatic rings. The van der Waals surface area contributed by atoms with Crippen molar-refractivity contribution in [1.29, 1.82) is 0 Å². The SMILES string of the molecule is CS(=O)(=O)CCNCC1CCNCC1. The van der Waals surface area contributed by atoms with Crippen LogP contribution in [0.5, 0.6) is 0 Å². The molecule has 0 radical (unpaired) electrons. The fourth-order valence-electron chi connectivity index (χ4n) is 1.65. The summed E-state index contributed by atoms with van der Waals surface area (Å²) in [6.07, 6.45) is 3.68. The first-order valence-corrected chi connectivity index (χ1v) is 7.23. The topological polar surface area (TPSA) is 58.2 Å². The van der Waals surface area contributed by atoms with Crippen LogP contribution in [-0.2, 0) is 9.84 Å². The van der Waals surface area contributed by atoms with Crippen LogP contribution in [0.15, 0.2) is 0 Å². The monoisotopic (exact) mass is 220 g/mol. The standard InChI is InChI=1S/C9H20N2O2S/c1-14(12,13)7-6-11-8-9-2-4-10-5-3-9/h9-11H,2-8H2,1H3. The summed E-state index contributed by atoms with van der Waals surface area (Å²) in [4.78, 5) is 0. The second-order valence-electron chi connectivity index (χ2n) is 4.03. The molecular weight excluding hydrogens is 200 g/mol. The number of piperidine rings is 1. The Morgan fingerprint density at radius 3 is 2.57 bits per heavy atom. The quantitative estimate of drug-likeness (QED) is 0.620. The van der Waals surface area contributed by atoms with Gasteiger partial charge >= 0.3 is 0 Å². The molecule has 2 N–H and O–H groups in total. The summed E-state index contributed by atoms with van der Waals surface area (Å²) in [7, 11) is -2.80. The Balaban J connectivity index is 2.03. The van der Waals surface area contributed by atoms with E-state index in [9.17, 15) is 8.42 Å². The Morgan fingerprint density at radius 1 is 1.36 bits per heavy atom. The predicted molar refractivity (Wildman–Crippen MR) is 58.2 cm³/mol. The average Bonchev–Trinajstić information content (AvgIpc) is 2.13. The van der Waals surface area contributed by atoms with Crippen LogP contribution in [0.1, 0.15) is 12.8 Å². The molecule has 5 heteroatoms. The van der Waals surface area contributed by atoms with E-state index in [1.807, 2.05) is 0 Å². The summed E-state index contributed by atoms with van der Waals surface area (Å²) in [5.74, 6) is 0.966. The van der Waals surface area contributed by atoms with E-state index in [-0.39, 0.29) is 5.75 Å². The lowest BCUT2D eigenvalue weighted by Gasteiger charge is -2.22. The van der Waals surface area contributed by atoms with Gasteiger partial charge in [0.05, 0.1) is 5.75 Å². The van der Waals surface area contributed by atoms with Crippen LogP contribution in [-0.4, -0.2) is 46.6 Å². The zero-order chi connectivity index (χ0) is 10.4. The fourth-order valence-corrected chi connectivity index (χ4v) is 2.16. The summed E-state index contributed by atoms with van der Waals surface area (Å²) in [6, 6.07) is 0. The van der Waals surface area contributed by atoms with Gasteiger partial charge in [0.1, 0.15) is 9.84 Å². The van der Waals surface area contributed by atoms with Crippen LogP contribution in [0.4, 0.5) is 0 Å². The molecule has 84 valence electrons. The largest absolute Gasteiger partial charge is 0.317 e. The highest BCUT2D eigenvalue weighted by Gasteiger charge is 2.12. The van der Waals surface area contributed by atoms with E-state index in [2.05, 4.69) is 10.6 Å². The van der Waals surface area contributed by atoms with Crippen LogP contribution < -0.4 is 10.6 Å². The van der Waals surface area contributed by atoms with E-state index in [1.165, 1.54) is 19.1 Å². The molecule has 0 atom stereocenters. The summed E-state index contributed by atoms with van der Waals surface area (Å²) >= 11 is 0. The molecule has 0 amide bonds. The Morgan fingerprint density at radius 2 is 2.00 bits per heavy atom. The van der Waals surface area contributed by atoms with Gasteiger partial charge in [-0.3, -0.25) is 0 Å². The maximum Gasteiger partial charge on any atom is 0.148 e. The maximum atomic E-state index is 10.8. The lowest BCUT2D eigenvalue weighted by molar-refractivity contribution is 0.359. The van der Waals surface area contributed by atoms with Crippen molar-refractivity contribution < 1.29 is 8.42 Å². The lowest BCUT2D eigenvalue weighted by Crippen LogP contribution is -2.35. The zero-order valence-electron chi connectivity index (χ0n) is 8.75. The van der Waals surface area contributed by atoms with Crippen molar-refractivity contribution in [2.45, 2.75) is 12.8 Å². The third-order valence-corrected chi connectivity index (χ3v) is 3.49. The first kappa shape index (κ1) is 11.9. The molecule has 0 aromatic heterocycles. The van der Waals surface area contributed by atoms with Crippen LogP contribution in [0, 0.1) is 5.92 Å². The van der Waals surface area contributed by atoms with Gasteiger partial charge in [-0.1, -0.05) is 0 Å². The Kier molecular flexibility index (Phi) is 4.84. The highest BCUT2D eigenvalue weighted by Crippen LogP contribution is 2.09. The molecule has 0 aliphatic carbocycles. The van der Waals surface area contributed by atoms with Gasteiger partial charge in [0.15, 0.2) is 0 Å². The van der Waals surface area contributed by atoms with E-state index in [0.29, 0.717) is 6.54 Å². The van der Waals surface area contributed by atoms with Crippen molar-refractivity contribution in [2.75, 3.05) is 38.2 Å². The van der Waals surface area contributed by atoms with Crippen molar-refractivity contribution in [3.05, 3.63) is 0 Å². The fraction of sp³-hybridized carbons (Fsp3) is 1.00. The molecule has 1 aliphatic rings. The summed E-state index contributed by atoms with van der Waals surface area (Å²) in [5, 5.41) is 6.51. The Labute approximate surface area is 86.4 Å². The van der Waals surface area contributed by atoms with Gasteiger partial charge in [0.2, 0.25) is 0 Å². The van der Waals surface area contributed by atoms with E-state index in [0.717, 1.165) is 25.6 Å². The van der Waals surface area contributed by atoms with Crippen molar-refractivity contribution in [3.63, 3.8) is 0 Å². The predicted octanol–water partition coefficient (Wildman–Crippen LogP) is -0.380. The average molecular weight is 220 g/mol. The second-order valence-corrected chi connectivity index (χ2v) is 6.29. The Hall–Kier alpha value is -0.130. The highest BCUT2D eigenvalue weighted by atomic mass is 32.2. The summed E-state index contributed by atoms with van der Waals surface area (Å²) < 4.78 is 21.7. The molecule has 1 fully saturated rings. The number of sulfone groups is 1.